The van der Waals surface area contributed by atoms with E-state index in [1.165, 1.54) is 17.0 Å². The third kappa shape index (κ3) is 18.4. The van der Waals surface area contributed by atoms with Crippen molar-refractivity contribution in [2.24, 2.45) is 33.7 Å². The molecule has 1 aromatic carbocycles. The molecule has 1 heterocycles. The second-order valence-electron chi connectivity index (χ2n) is 18.0. The van der Waals surface area contributed by atoms with Crippen LogP contribution in [-0.4, -0.2) is 132 Å². The Morgan fingerprint density at radius 1 is 0.864 bits per heavy atom. The Balaban J connectivity index is 0.0000174. The molecule has 1 saturated heterocycles. The molecule has 1 fully saturated rings. The maximum Gasteiger partial charge on any atom is 0.326 e. The first-order valence-electron chi connectivity index (χ1n) is 20.3. The van der Waals surface area contributed by atoms with Crippen LogP contribution < -0.4 is 45.1 Å². The van der Waals surface area contributed by atoms with E-state index in [0.29, 0.717) is 31.2 Å². The molecule has 2 rings (SSSR count). The standard InChI is InChI=1S/C41H69N9O8.ClH/c1-25(2)23-31(39(57)58)47-37(55)33(41(4,5)6)48-35(53)30(24-27-16-18-28(51)19-17-27)46-36(54)32-15-11-21-49(32)38(56)29(14-10-20-44-40(42)43)45-34(52)26(3)13-12-22-50(7,8)9;/h16-19,25-26,29-33H,10-15,20-24H2,1-9H3,(H9-,42,43,44,45,46,47,48,51,52,53,54,55,57,58);1H/t26-,29-,30-,31-,32-,33+;/m0./s1. The summed E-state index contributed by atoms with van der Waals surface area (Å²) < 4.78 is 0.758. The summed E-state index contributed by atoms with van der Waals surface area (Å²) in [5, 5.41) is 30.7. The van der Waals surface area contributed by atoms with Crippen molar-refractivity contribution in [1.82, 2.24) is 26.2 Å². The van der Waals surface area contributed by atoms with Crippen LogP contribution in [0.3, 0.4) is 0 Å². The highest BCUT2D eigenvalue weighted by Crippen LogP contribution is 2.23. The van der Waals surface area contributed by atoms with Gasteiger partial charge in [0.05, 0.1) is 27.7 Å². The fourth-order valence-electron chi connectivity index (χ4n) is 6.79. The number of carbonyl (C=O) groups excluding carboxylic acids is 5. The van der Waals surface area contributed by atoms with Gasteiger partial charge in [-0.15, -0.1) is 0 Å². The van der Waals surface area contributed by atoms with E-state index in [1.807, 2.05) is 20.8 Å². The molecule has 1 aliphatic rings. The molecule has 1 aromatic rings. The van der Waals surface area contributed by atoms with E-state index >= 15 is 0 Å². The number of nitrogens with two attached hydrogens (primary N) is 2. The van der Waals surface area contributed by atoms with Gasteiger partial charge in [0.1, 0.15) is 36.0 Å². The highest BCUT2D eigenvalue weighted by molar-refractivity contribution is 5.96. The number of carboxylic acids is 1. The fourth-order valence-corrected chi connectivity index (χ4v) is 6.79. The SMILES string of the molecule is CC(C)C[C@H](NC(=O)[C@@H](NC(=O)[C@H](Cc1ccc(O)cc1)NC(=O)[C@@H]1CCCN1C(=O)[C@H](CCCN=C(N)N)NC(=O)[C@@H](C)CCC[N+](C)(C)C)C(C)(C)C)C(=O)O.[Cl-]. The first-order valence-corrected chi connectivity index (χ1v) is 20.3. The molecule has 334 valence electrons. The molecule has 6 atom stereocenters. The Kier molecular flexibility index (Phi) is 21.2. The highest BCUT2D eigenvalue weighted by atomic mass is 35.5. The van der Waals surface area contributed by atoms with Gasteiger partial charge in [-0.3, -0.25) is 29.0 Å². The van der Waals surface area contributed by atoms with Gasteiger partial charge in [-0.1, -0.05) is 53.7 Å². The van der Waals surface area contributed by atoms with Gasteiger partial charge in [0.15, 0.2) is 5.96 Å². The molecule has 0 bridgehead atoms. The number of amides is 5. The maximum absolute atomic E-state index is 14.2. The van der Waals surface area contributed by atoms with Gasteiger partial charge in [-0.2, -0.15) is 0 Å². The van der Waals surface area contributed by atoms with Crippen LogP contribution in [0.5, 0.6) is 5.75 Å². The smallest absolute Gasteiger partial charge is 0.326 e. The number of nitrogens with one attached hydrogen (secondary N) is 4. The van der Waals surface area contributed by atoms with Crippen LogP contribution in [0.2, 0.25) is 0 Å². The van der Waals surface area contributed by atoms with Gasteiger partial charge >= 0.3 is 5.97 Å². The van der Waals surface area contributed by atoms with Crippen LogP contribution in [0.25, 0.3) is 0 Å². The molecule has 17 nitrogen and oxygen atoms in total. The molecule has 18 heteroatoms. The zero-order valence-electron chi connectivity index (χ0n) is 36.3. The van der Waals surface area contributed by atoms with Crippen LogP contribution in [0, 0.1) is 17.3 Å². The highest BCUT2D eigenvalue weighted by Gasteiger charge is 2.41. The number of rotatable bonds is 22. The Morgan fingerprint density at radius 3 is 2.02 bits per heavy atom. The summed E-state index contributed by atoms with van der Waals surface area (Å²) in [4.78, 5) is 86.9. The molecule has 0 spiro atoms. The first kappa shape index (κ1) is 52.4. The number of phenols is 1. The largest absolute Gasteiger partial charge is 1.00 e. The summed E-state index contributed by atoms with van der Waals surface area (Å²) in [6, 6.07) is 0.580. The number of guanidine groups is 1. The predicted molar refractivity (Wildman–Crippen MR) is 222 cm³/mol. The number of aliphatic imine (C=N–C) groups is 1. The lowest BCUT2D eigenvalue weighted by Gasteiger charge is -2.33. The number of carboxylic acid groups (broad SMARTS) is 1. The number of nitrogens with zero attached hydrogens (tertiary/aromatic N) is 3. The van der Waals surface area contributed by atoms with E-state index in [-0.39, 0.29) is 74.2 Å². The molecular weight excluding hydrogens is 782 g/mol. The average Bonchev–Trinajstić information content (AvgIpc) is 3.60. The van der Waals surface area contributed by atoms with Crippen molar-refractivity contribution in [2.75, 3.05) is 40.8 Å². The van der Waals surface area contributed by atoms with Crippen molar-refractivity contribution < 1.29 is 55.9 Å². The van der Waals surface area contributed by atoms with E-state index < -0.39 is 65.2 Å². The fraction of sp³-hybridized carbons (Fsp3) is 0.683. The van der Waals surface area contributed by atoms with Crippen LogP contribution in [0.4, 0.5) is 0 Å². The van der Waals surface area contributed by atoms with Crippen molar-refractivity contribution in [3.63, 3.8) is 0 Å². The van der Waals surface area contributed by atoms with Crippen molar-refractivity contribution in [2.45, 2.75) is 123 Å². The predicted octanol–water partition coefficient (Wildman–Crippen LogP) is -1.78. The molecule has 0 aromatic heterocycles. The third-order valence-corrected chi connectivity index (χ3v) is 10.1. The zero-order valence-corrected chi connectivity index (χ0v) is 37.1. The summed E-state index contributed by atoms with van der Waals surface area (Å²) in [5.74, 6) is -4.37. The van der Waals surface area contributed by atoms with E-state index in [2.05, 4.69) is 47.4 Å². The van der Waals surface area contributed by atoms with Crippen LogP contribution in [0.1, 0.15) is 92.1 Å². The minimum Gasteiger partial charge on any atom is -1.00 e. The number of aromatic hydroxyl groups is 1. The molecule has 0 saturated carbocycles. The van der Waals surface area contributed by atoms with Crippen LogP contribution >= 0.6 is 0 Å². The number of likely N-dealkylation sites (tertiary alicyclic amines) is 1. The summed E-state index contributed by atoms with van der Waals surface area (Å²) in [6.07, 6.45) is 3.01. The van der Waals surface area contributed by atoms with Gasteiger partial charge < -0.3 is 64.7 Å². The molecule has 1 aliphatic heterocycles. The summed E-state index contributed by atoms with van der Waals surface area (Å²) in [6.45, 7) is 12.0. The van der Waals surface area contributed by atoms with Crippen molar-refractivity contribution in [1.29, 1.82) is 0 Å². The zero-order chi connectivity index (χ0) is 44.0. The topological polar surface area (TPSA) is 259 Å². The lowest BCUT2D eigenvalue weighted by molar-refractivity contribution is -0.870. The lowest BCUT2D eigenvalue weighted by atomic mass is 9.85. The Morgan fingerprint density at radius 2 is 1.47 bits per heavy atom. The van der Waals surface area contributed by atoms with Crippen molar-refractivity contribution in [3.05, 3.63) is 29.8 Å². The Labute approximate surface area is 355 Å². The molecule has 59 heavy (non-hydrogen) atoms. The molecule has 0 aliphatic carbocycles. The minimum absolute atomic E-state index is 0. The van der Waals surface area contributed by atoms with Crippen molar-refractivity contribution >= 4 is 41.5 Å². The van der Waals surface area contributed by atoms with Gasteiger partial charge in [-0.05, 0) is 74.0 Å². The quantitative estimate of drug-likeness (QED) is 0.0282. The minimum atomic E-state index is -1.24. The number of phenolic OH excluding ortho intramolecular Hbond substituents is 1. The maximum atomic E-state index is 14.2. The summed E-state index contributed by atoms with van der Waals surface area (Å²) in [5.41, 5.74) is 10.7. The number of benzene rings is 1. The number of hydrogen-bond acceptors (Lipinski definition) is 8. The number of halogens is 1. The Hall–Kier alpha value is -4.64. The van der Waals surface area contributed by atoms with Crippen LogP contribution in [0.15, 0.2) is 29.3 Å². The normalized spacial score (nSPS) is 16.7. The molecule has 0 unspecified atom stereocenters. The lowest BCUT2D eigenvalue weighted by Crippen LogP contribution is -3.00. The van der Waals surface area contributed by atoms with Gasteiger partial charge in [0.2, 0.25) is 29.5 Å². The van der Waals surface area contributed by atoms with E-state index in [9.17, 15) is 39.0 Å². The van der Waals surface area contributed by atoms with Crippen LogP contribution in [-0.2, 0) is 35.2 Å². The summed E-state index contributed by atoms with van der Waals surface area (Å²) in [7, 11) is 6.24. The Bertz CT molecular complexity index is 1590. The van der Waals surface area contributed by atoms with Gasteiger partial charge in [-0.25, -0.2) is 4.79 Å². The first-order chi connectivity index (χ1) is 26.9. The average molecular weight is 853 g/mol. The molecular formula is C41H70ClN9O8. The van der Waals surface area contributed by atoms with Crippen molar-refractivity contribution in [3.8, 4) is 5.75 Å². The molecule has 0 radical (unpaired) electrons. The van der Waals surface area contributed by atoms with Gasteiger partial charge in [0.25, 0.3) is 0 Å². The van der Waals surface area contributed by atoms with E-state index in [4.69, 9.17) is 11.5 Å². The second kappa shape index (κ2) is 23.8. The number of carbonyl (C=O) groups is 6. The van der Waals surface area contributed by atoms with Gasteiger partial charge in [0, 0.05) is 25.4 Å². The van der Waals surface area contributed by atoms with E-state index in [0.717, 1.165) is 17.4 Å². The molecule has 10 N–H and O–H groups in total. The number of hydrogen-bond donors (Lipinski definition) is 8. The molecule has 5 amide bonds. The number of aliphatic carboxylic acids is 1. The third-order valence-electron chi connectivity index (χ3n) is 10.1. The monoisotopic (exact) mass is 852 g/mol. The second-order valence-corrected chi connectivity index (χ2v) is 18.0. The summed E-state index contributed by atoms with van der Waals surface area (Å²) >= 11 is 0. The van der Waals surface area contributed by atoms with E-state index in [1.54, 1.807) is 32.9 Å². The number of quaternary nitrogens is 1.